The second kappa shape index (κ2) is 3.87. The Hall–Kier alpha value is -0.990. The van der Waals surface area contributed by atoms with Crippen molar-refractivity contribution in [2.24, 2.45) is 5.92 Å². The van der Waals surface area contributed by atoms with Crippen LogP contribution in [0.3, 0.4) is 0 Å². The first-order chi connectivity index (χ1) is 6.78. The van der Waals surface area contributed by atoms with Crippen molar-refractivity contribution in [2.75, 3.05) is 0 Å². The summed E-state index contributed by atoms with van der Waals surface area (Å²) in [6.45, 7) is 5.78. The molecule has 3 heteroatoms. The van der Waals surface area contributed by atoms with Crippen LogP contribution in [0.5, 0.6) is 0 Å². The smallest absolute Gasteiger partial charge is 0.206 e. The van der Waals surface area contributed by atoms with Gasteiger partial charge in [0, 0.05) is 5.92 Å². The van der Waals surface area contributed by atoms with Crippen LogP contribution in [0.2, 0.25) is 0 Å². The van der Waals surface area contributed by atoms with Gasteiger partial charge in [-0.2, -0.15) is 0 Å². The summed E-state index contributed by atoms with van der Waals surface area (Å²) in [5, 5.41) is 0. The van der Waals surface area contributed by atoms with E-state index in [0.717, 1.165) is 0 Å². The van der Waals surface area contributed by atoms with Crippen LogP contribution in [-0.2, 0) is 5.92 Å². The van der Waals surface area contributed by atoms with Gasteiger partial charge < -0.3 is 0 Å². The van der Waals surface area contributed by atoms with Gasteiger partial charge in [0.25, 0.3) is 5.92 Å². The average molecular weight is 216 g/mol. The van der Waals surface area contributed by atoms with Gasteiger partial charge >= 0.3 is 0 Å². The Kier molecular flexibility index (Phi) is 3.12. The molecule has 0 aliphatic heterocycles. The maximum absolute atomic E-state index is 13.7. The highest BCUT2D eigenvalue weighted by atomic mass is 19.3. The van der Waals surface area contributed by atoms with Crippen molar-refractivity contribution < 1.29 is 13.2 Å². The summed E-state index contributed by atoms with van der Waals surface area (Å²) in [7, 11) is 0. The van der Waals surface area contributed by atoms with Gasteiger partial charge in [-0.15, -0.1) is 0 Å². The molecule has 0 aliphatic carbocycles. The predicted octanol–water partition coefficient (Wildman–Crippen LogP) is 4.19. The van der Waals surface area contributed by atoms with Gasteiger partial charge in [0.1, 0.15) is 5.82 Å². The molecular weight excluding hydrogens is 201 g/mol. The number of halogens is 3. The van der Waals surface area contributed by atoms with E-state index in [-0.39, 0.29) is 5.56 Å². The molecule has 1 rings (SSSR count). The molecule has 0 spiro atoms. The van der Waals surface area contributed by atoms with Crippen LogP contribution in [-0.4, -0.2) is 0 Å². The Bertz CT molecular complexity index is 367. The fourth-order valence-electron chi connectivity index (χ4n) is 1.47. The van der Waals surface area contributed by atoms with Crippen molar-refractivity contribution >= 4 is 0 Å². The van der Waals surface area contributed by atoms with Gasteiger partial charge in [0.15, 0.2) is 0 Å². The largest absolute Gasteiger partial charge is 0.278 e. The van der Waals surface area contributed by atoms with E-state index in [9.17, 15) is 13.2 Å². The van der Waals surface area contributed by atoms with Crippen molar-refractivity contribution in [3.63, 3.8) is 0 Å². The first-order valence-electron chi connectivity index (χ1n) is 4.92. The van der Waals surface area contributed by atoms with Gasteiger partial charge in [-0.05, 0) is 25.0 Å². The van der Waals surface area contributed by atoms with Crippen molar-refractivity contribution in [1.82, 2.24) is 0 Å². The van der Waals surface area contributed by atoms with Gasteiger partial charge in [-0.3, -0.25) is 0 Å². The molecule has 0 aliphatic rings. The third-order valence-electron chi connectivity index (χ3n) is 2.60. The molecule has 0 amide bonds. The standard InChI is InChI=1S/C12H15F3/c1-7(2)12(14,15)10-8(3)5-6-9(4)11(10)13/h5-7H,1-4H3. The fraction of sp³-hybridized carbons (Fsp3) is 0.500. The van der Waals surface area contributed by atoms with Crippen LogP contribution in [0, 0.1) is 25.6 Å². The predicted molar refractivity (Wildman–Crippen MR) is 54.6 cm³/mol. The maximum atomic E-state index is 13.7. The molecule has 84 valence electrons. The van der Waals surface area contributed by atoms with E-state index in [2.05, 4.69) is 0 Å². The molecule has 0 fully saturated rings. The minimum atomic E-state index is -3.11. The molecule has 0 saturated heterocycles. The summed E-state index contributed by atoms with van der Waals surface area (Å²) < 4.78 is 41.1. The molecule has 0 heterocycles. The number of alkyl halides is 2. The van der Waals surface area contributed by atoms with Gasteiger partial charge in [0.2, 0.25) is 0 Å². The van der Waals surface area contributed by atoms with Crippen LogP contribution in [0.1, 0.15) is 30.5 Å². The molecule has 0 atom stereocenters. The Morgan fingerprint density at radius 1 is 1.07 bits per heavy atom. The van der Waals surface area contributed by atoms with E-state index in [0.29, 0.717) is 5.56 Å². The number of benzene rings is 1. The van der Waals surface area contributed by atoms with E-state index in [4.69, 9.17) is 0 Å². The maximum Gasteiger partial charge on any atom is 0.278 e. The third-order valence-corrected chi connectivity index (χ3v) is 2.60. The summed E-state index contributed by atoms with van der Waals surface area (Å²) in [4.78, 5) is 0. The number of hydrogen-bond donors (Lipinski definition) is 0. The molecule has 0 nitrogen and oxygen atoms in total. The normalized spacial score (nSPS) is 12.3. The molecule has 0 N–H and O–H groups in total. The quantitative estimate of drug-likeness (QED) is 0.695. The first kappa shape index (κ1) is 12.1. The van der Waals surface area contributed by atoms with E-state index in [1.165, 1.54) is 39.8 Å². The van der Waals surface area contributed by atoms with E-state index in [1.54, 1.807) is 0 Å². The Morgan fingerprint density at radius 2 is 1.53 bits per heavy atom. The molecule has 0 bridgehead atoms. The number of aryl methyl sites for hydroxylation is 2. The molecule has 0 radical (unpaired) electrons. The topological polar surface area (TPSA) is 0 Å². The summed E-state index contributed by atoms with van der Waals surface area (Å²) in [6, 6.07) is 3.05. The van der Waals surface area contributed by atoms with Gasteiger partial charge in [-0.25, -0.2) is 13.2 Å². The monoisotopic (exact) mass is 216 g/mol. The lowest BCUT2D eigenvalue weighted by Crippen LogP contribution is -2.24. The summed E-state index contributed by atoms with van der Waals surface area (Å²) in [6.07, 6.45) is 0. The van der Waals surface area contributed by atoms with Crippen LogP contribution in [0.15, 0.2) is 12.1 Å². The van der Waals surface area contributed by atoms with E-state index >= 15 is 0 Å². The minimum Gasteiger partial charge on any atom is -0.206 e. The molecule has 1 aromatic carbocycles. The Labute approximate surface area is 88.1 Å². The zero-order valence-electron chi connectivity index (χ0n) is 9.37. The van der Waals surface area contributed by atoms with Crippen LogP contribution in [0.25, 0.3) is 0 Å². The zero-order chi connectivity index (χ0) is 11.8. The van der Waals surface area contributed by atoms with Crippen LogP contribution >= 0.6 is 0 Å². The molecule has 0 unspecified atom stereocenters. The Morgan fingerprint density at radius 3 is 2.00 bits per heavy atom. The summed E-state index contributed by atoms with van der Waals surface area (Å²) in [5.41, 5.74) is 0.102. The van der Waals surface area contributed by atoms with E-state index in [1.807, 2.05) is 0 Å². The molecule has 0 aromatic heterocycles. The molecule has 15 heavy (non-hydrogen) atoms. The number of hydrogen-bond acceptors (Lipinski definition) is 0. The second-order valence-corrected chi connectivity index (χ2v) is 4.17. The zero-order valence-corrected chi connectivity index (χ0v) is 9.37. The molecule has 1 aromatic rings. The number of rotatable bonds is 2. The van der Waals surface area contributed by atoms with E-state index < -0.39 is 23.2 Å². The van der Waals surface area contributed by atoms with Crippen LogP contribution in [0.4, 0.5) is 13.2 Å². The molecular formula is C12H15F3. The average Bonchev–Trinajstić information content (AvgIpc) is 2.11. The highest BCUT2D eigenvalue weighted by Gasteiger charge is 2.39. The lowest BCUT2D eigenvalue weighted by molar-refractivity contribution is -0.0550. The van der Waals surface area contributed by atoms with Gasteiger partial charge in [-0.1, -0.05) is 26.0 Å². The van der Waals surface area contributed by atoms with Gasteiger partial charge in [0.05, 0.1) is 5.56 Å². The lowest BCUT2D eigenvalue weighted by Gasteiger charge is -2.23. The van der Waals surface area contributed by atoms with Crippen molar-refractivity contribution in [3.8, 4) is 0 Å². The SMILES string of the molecule is Cc1ccc(C)c(C(F)(F)C(C)C)c1F. The van der Waals surface area contributed by atoms with Crippen molar-refractivity contribution in [1.29, 1.82) is 0 Å². The summed E-state index contributed by atoms with van der Waals surface area (Å²) >= 11 is 0. The lowest BCUT2D eigenvalue weighted by atomic mass is 9.92. The molecule has 0 saturated carbocycles. The van der Waals surface area contributed by atoms with Crippen molar-refractivity contribution in [3.05, 3.63) is 34.6 Å². The second-order valence-electron chi connectivity index (χ2n) is 4.17. The fourth-order valence-corrected chi connectivity index (χ4v) is 1.47. The summed E-state index contributed by atoms with van der Waals surface area (Å²) in [5.74, 6) is -4.80. The highest BCUT2D eigenvalue weighted by molar-refractivity contribution is 5.35. The Balaban J connectivity index is 3.42. The minimum absolute atomic E-state index is 0.260. The third kappa shape index (κ3) is 2.01. The van der Waals surface area contributed by atoms with Crippen molar-refractivity contribution in [2.45, 2.75) is 33.6 Å². The van der Waals surface area contributed by atoms with Crippen LogP contribution < -0.4 is 0 Å². The first-order valence-corrected chi connectivity index (χ1v) is 4.92. The highest BCUT2D eigenvalue weighted by Crippen LogP contribution is 2.39.